The molecule has 1 unspecified atom stereocenters. The number of aromatic nitrogens is 1. The van der Waals surface area contributed by atoms with Crippen LogP contribution in [0.2, 0.25) is 0 Å². The summed E-state index contributed by atoms with van der Waals surface area (Å²) < 4.78 is 0. The summed E-state index contributed by atoms with van der Waals surface area (Å²) in [6, 6.07) is 1.86. The lowest BCUT2D eigenvalue weighted by molar-refractivity contribution is 0.269. The normalized spacial score (nSPS) is 16.3. The molecule has 1 aromatic heterocycles. The van der Waals surface area contributed by atoms with Gasteiger partial charge in [0.25, 0.3) is 0 Å². The van der Waals surface area contributed by atoms with Gasteiger partial charge in [-0.2, -0.15) is 0 Å². The summed E-state index contributed by atoms with van der Waals surface area (Å²) >= 11 is 0. The summed E-state index contributed by atoms with van der Waals surface area (Å²) in [5, 5.41) is 21.3. The molecule has 0 aromatic carbocycles. The Morgan fingerprint density at radius 3 is 2.95 bits per heavy atom. The van der Waals surface area contributed by atoms with Crippen LogP contribution in [0.25, 0.3) is 0 Å². The first-order valence-corrected chi connectivity index (χ1v) is 6.42. The molecule has 1 aliphatic carbocycles. The fourth-order valence-corrected chi connectivity index (χ4v) is 2.30. The van der Waals surface area contributed by atoms with Crippen LogP contribution in [-0.4, -0.2) is 40.8 Å². The van der Waals surface area contributed by atoms with Gasteiger partial charge in [-0.05, 0) is 37.8 Å². The Morgan fingerprint density at radius 1 is 1.58 bits per heavy atom. The number of aliphatic hydroxyl groups excluding tert-OH is 1. The maximum Gasteiger partial charge on any atom is 0.173 e. The highest BCUT2D eigenvalue weighted by Crippen LogP contribution is 2.27. The zero-order valence-electron chi connectivity index (χ0n) is 11.3. The lowest BCUT2D eigenvalue weighted by Gasteiger charge is -2.26. The third-order valence-electron chi connectivity index (χ3n) is 3.67. The van der Waals surface area contributed by atoms with Gasteiger partial charge in [-0.1, -0.05) is 5.16 Å². The van der Waals surface area contributed by atoms with Crippen molar-refractivity contribution in [2.45, 2.75) is 32.2 Å². The predicted molar refractivity (Wildman–Crippen MR) is 73.7 cm³/mol. The van der Waals surface area contributed by atoms with Gasteiger partial charge < -0.3 is 20.9 Å². The monoisotopic (exact) mass is 264 g/mol. The third kappa shape index (κ3) is 2.49. The first-order chi connectivity index (χ1) is 9.08. The summed E-state index contributed by atoms with van der Waals surface area (Å²) in [7, 11) is 1.85. The molecule has 2 rings (SSSR count). The second-order valence-electron chi connectivity index (χ2n) is 4.95. The van der Waals surface area contributed by atoms with Gasteiger partial charge in [0.2, 0.25) is 0 Å². The highest BCUT2D eigenvalue weighted by atomic mass is 16.4. The number of pyridine rings is 1. The molecule has 1 heterocycles. The van der Waals surface area contributed by atoms with Crippen LogP contribution in [0.3, 0.4) is 0 Å². The van der Waals surface area contributed by atoms with E-state index >= 15 is 0 Å². The van der Waals surface area contributed by atoms with Crippen molar-refractivity contribution in [3.8, 4) is 0 Å². The fraction of sp³-hybridized carbons (Fsp3) is 0.538. The van der Waals surface area contributed by atoms with Crippen LogP contribution in [0.5, 0.6) is 0 Å². The Hall–Kier alpha value is -1.82. The molecule has 0 spiro atoms. The molecule has 0 aliphatic heterocycles. The topological polar surface area (TPSA) is 95.0 Å². The van der Waals surface area contributed by atoms with Crippen molar-refractivity contribution >= 4 is 11.7 Å². The molecule has 104 valence electrons. The van der Waals surface area contributed by atoms with Crippen LogP contribution in [0.1, 0.15) is 30.2 Å². The molecular formula is C13H20N4O2. The van der Waals surface area contributed by atoms with Crippen molar-refractivity contribution in [2.24, 2.45) is 10.9 Å². The molecule has 0 radical (unpaired) electrons. The molecule has 6 nitrogen and oxygen atoms in total. The van der Waals surface area contributed by atoms with E-state index in [1.165, 1.54) is 0 Å². The number of amidine groups is 1. The molecule has 1 aromatic rings. The van der Waals surface area contributed by atoms with Crippen LogP contribution in [-0.2, 0) is 12.8 Å². The molecule has 0 fully saturated rings. The molecule has 1 atom stereocenters. The zero-order valence-corrected chi connectivity index (χ0v) is 11.3. The lowest BCUT2D eigenvalue weighted by atomic mass is 10.1. The second kappa shape index (κ2) is 5.44. The molecular weight excluding hydrogens is 244 g/mol. The average molecular weight is 264 g/mol. The molecule has 19 heavy (non-hydrogen) atoms. The highest BCUT2D eigenvalue weighted by Gasteiger charge is 2.22. The molecule has 1 aliphatic rings. The first-order valence-electron chi connectivity index (χ1n) is 6.42. The third-order valence-corrected chi connectivity index (χ3v) is 3.67. The van der Waals surface area contributed by atoms with Crippen molar-refractivity contribution in [3.63, 3.8) is 0 Å². The van der Waals surface area contributed by atoms with Crippen molar-refractivity contribution in [3.05, 3.63) is 22.9 Å². The number of rotatable bonds is 4. The lowest BCUT2D eigenvalue weighted by Crippen LogP contribution is -2.34. The number of anilines is 1. The van der Waals surface area contributed by atoms with E-state index in [1.54, 1.807) is 0 Å². The standard InChI is InChI=1S/C13H20N4O2/c1-8(7-18)17(2)13-10(12(14)16-19)6-9-4-3-5-11(9)15-13/h6,8,18-19H,3-5,7H2,1-2H3,(H2,14,16). The Kier molecular flexibility index (Phi) is 3.90. The number of hydrogen-bond acceptors (Lipinski definition) is 5. The van der Waals surface area contributed by atoms with E-state index in [0.29, 0.717) is 11.4 Å². The molecule has 0 amide bonds. The summed E-state index contributed by atoms with van der Waals surface area (Å²) in [5.41, 5.74) is 8.59. The SMILES string of the molecule is CC(CO)N(C)c1nc2c(cc1C(N)=NO)CCC2. The maximum atomic E-state index is 9.27. The van der Waals surface area contributed by atoms with E-state index in [4.69, 9.17) is 10.9 Å². The summed E-state index contributed by atoms with van der Waals surface area (Å²) in [6.45, 7) is 1.91. The maximum absolute atomic E-state index is 9.27. The van der Waals surface area contributed by atoms with Crippen LogP contribution in [0.15, 0.2) is 11.2 Å². The van der Waals surface area contributed by atoms with E-state index in [9.17, 15) is 5.11 Å². The van der Waals surface area contributed by atoms with Gasteiger partial charge in [-0.3, -0.25) is 0 Å². The number of nitrogens with zero attached hydrogens (tertiary/aromatic N) is 3. The Labute approximate surface area is 112 Å². The minimum Gasteiger partial charge on any atom is -0.409 e. The highest BCUT2D eigenvalue weighted by molar-refractivity contribution is 6.01. The Bertz CT molecular complexity index is 502. The first kappa shape index (κ1) is 13.6. The van der Waals surface area contributed by atoms with Gasteiger partial charge in [0, 0.05) is 12.7 Å². The van der Waals surface area contributed by atoms with Gasteiger partial charge in [0.05, 0.1) is 18.2 Å². The van der Waals surface area contributed by atoms with E-state index in [-0.39, 0.29) is 18.5 Å². The predicted octanol–water partition coefficient (Wildman–Crippen LogP) is 0.482. The molecule has 6 heteroatoms. The van der Waals surface area contributed by atoms with Crippen molar-refractivity contribution in [2.75, 3.05) is 18.6 Å². The number of fused-ring (bicyclic) bond motifs is 1. The molecule has 0 saturated carbocycles. The molecule has 0 saturated heterocycles. The van der Waals surface area contributed by atoms with Crippen LogP contribution in [0.4, 0.5) is 5.82 Å². The average Bonchev–Trinajstić information content (AvgIpc) is 2.90. The van der Waals surface area contributed by atoms with Crippen LogP contribution in [0, 0.1) is 0 Å². The number of oxime groups is 1. The fourth-order valence-electron chi connectivity index (χ4n) is 2.30. The Balaban J connectivity index is 2.51. The number of nitrogens with two attached hydrogens (primary N) is 1. The summed E-state index contributed by atoms with van der Waals surface area (Å²) in [4.78, 5) is 6.49. The summed E-state index contributed by atoms with van der Waals surface area (Å²) in [5.74, 6) is 0.701. The smallest absolute Gasteiger partial charge is 0.173 e. The number of aliphatic hydroxyl groups is 1. The van der Waals surface area contributed by atoms with Crippen molar-refractivity contribution < 1.29 is 10.3 Å². The van der Waals surface area contributed by atoms with Crippen LogP contribution < -0.4 is 10.6 Å². The number of hydrogen-bond donors (Lipinski definition) is 3. The van der Waals surface area contributed by atoms with Crippen molar-refractivity contribution in [1.82, 2.24) is 4.98 Å². The van der Waals surface area contributed by atoms with E-state index in [0.717, 1.165) is 30.5 Å². The van der Waals surface area contributed by atoms with E-state index in [2.05, 4.69) is 10.1 Å². The number of likely N-dealkylation sites (N-methyl/N-ethyl adjacent to an activating group) is 1. The Morgan fingerprint density at radius 2 is 2.32 bits per heavy atom. The minimum atomic E-state index is -0.0859. The van der Waals surface area contributed by atoms with Gasteiger partial charge >= 0.3 is 0 Å². The van der Waals surface area contributed by atoms with Gasteiger partial charge in [0.1, 0.15) is 5.82 Å². The van der Waals surface area contributed by atoms with Gasteiger partial charge in [0.15, 0.2) is 5.84 Å². The minimum absolute atomic E-state index is 0.0187. The largest absolute Gasteiger partial charge is 0.409 e. The quantitative estimate of drug-likeness (QED) is 0.318. The van der Waals surface area contributed by atoms with Crippen molar-refractivity contribution in [1.29, 1.82) is 0 Å². The summed E-state index contributed by atoms with van der Waals surface area (Å²) in [6.07, 6.45) is 3.02. The van der Waals surface area contributed by atoms with E-state index < -0.39 is 0 Å². The second-order valence-corrected chi connectivity index (χ2v) is 4.95. The van der Waals surface area contributed by atoms with Gasteiger partial charge in [-0.15, -0.1) is 0 Å². The molecule has 4 N–H and O–H groups in total. The zero-order chi connectivity index (χ0) is 14.0. The number of aryl methyl sites for hydroxylation is 2. The van der Waals surface area contributed by atoms with Gasteiger partial charge in [-0.25, -0.2) is 4.98 Å². The van der Waals surface area contributed by atoms with Crippen LogP contribution >= 0.6 is 0 Å². The van der Waals surface area contributed by atoms with E-state index in [1.807, 2.05) is 24.9 Å². The molecule has 0 bridgehead atoms.